The number of anilines is 1. The van der Waals surface area contributed by atoms with E-state index in [1.807, 2.05) is 12.4 Å². The molecule has 0 amide bonds. The number of aromatic nitrogens is 2. The second-order valence-electron chi connectivity index (χ2n) is 6.70. The van der Waals surface area contributed by atoms with Gasteiger partial charge < -0.3 is 10.1 Å². The van der Waals surface area contributed by atoms with E-state index in [2.05, 4.69) is 29.0 Å². The standard InChI is InChI=1S/C17H28N4O/c1-13(2)21-8-4-3-5-16(21)15-11-18-12-17(20-15)19-14-6-9-22-10-7-14/h11-14,16H,3-10H2,1-2H3,(H,19,20). The molecule has 0 bridgehead atoms. The Kier molecular flexibility index (Phi) is 5.26. The fourth-order valence-corrected chi connectivity index (χ4v) is 3.55. The number of hydrogen-bond acceptors (Lipinski definition) is 5. The summed E-state index contributed by atoms with van der Waals surface area (Å²) in [6.07, 6.45) is 9.66. The Morgan fingerprint density at radius 2 is 2.00 bits per heavy atom. The lowest BCUT2D eigenvalue weighted by atomic mass is 9.98. The van der Waals surface area contributed by atoms with E-state index in [1.54, 1.807) is 0 Å². The summed E-state index contributed by atoms with van der Waals surface area (Å²) in [7, 11) is 0. The van der Waals surface area contributed by atoms with Crippen LogP contribution in [0.4, 0.5) is 5.82 Å². The van der Waals surface area contributed by atoms with E-state index >= 15 is 0 Å². The van der Waals surface area contributed by atoms with Gasteiger partial charge in [0.1, 0.15) is 5.82 Å². The first kappa shape index (κ1) is 15.7. The highest BCUT2D eigenvalue weighted by Crippen LogP contribution is 2.31. The van der Waals surface area contributed by atoms with Gasteiger partial charge in [-0.15, -0.1) is 0 Å². The molecule has 1 aromatic heterocycles. The van der Waals surface area contributed by atoms with Crippen LogP contribution in [-0.2, 0) is 4.74 Å². The van der Waals surface area contributed by atoms with Crippen molar-refractivity contribution in [1.29, 1.82) is 0 Å². The molecule has 1 N–H and O–H groups in total. The van der Waals surface area contributed by atoms with Crippen molar-refractivity contribution < 1.29 is 4.74 Å². The fourth-order valence-electron chi connectivity index (χ4n) is 3.55. The van der Waals surface area contributed by atoms with Gasteiger partial charge in [-0.05, 0) is 46.1 Å². The molecule has 2 saturated heterocycles. The fraction of sp³-hybridized carbons (Fsp3) is 0.765. The molecule has 0 saturated carbocycles. The minimum Gasteiger partial charge on any atom is -0.381 e. The summed E-state index contributed by atoms with van der Waals surface area (Å²) in [6.45, 7) is 7.40. The Balaban J connectivity index is 1.71. The van der Waals surface area contributed by atoms with Gasteiger partial charge in [0, 0.05) is 25.3 Å². The van der Waals surface area contributed by atoms with Crippen LogP contribution < -0.4 is 5.32 Å². The molecule has 3 rings (SSSR count). The smallest absolute Gasteiger partial charge is 0.145 e. The lowest BCUT2D eigenvalue weighted by Crippen LogP contribution is -2.39. The molecule has 0 aliphatic carbocycles. The summed E-state index contributed by atoms with van der Waals surface area (Å²) in [5.41, 5.74) is 1.12. The third-order valence-electron chi connectivity index (χ3n) is 4.78. The van der Waals surface area contributed by atoms with Crippen LogP contribution in [0.1, 0.15) is 57.7 Å². The van der Waals surface area contributed by atoms with Gasteiger partial charge in [0.15, 0.2) is 0 Å². The van der Waals surface area contributed by atoms with Gasteiger partial charge in [0.2, 0.25) is 0 Å². The molecular formula is C17H28N4O. The number of nitrogens with one attached hydrogen (secondary N) is 1. The van der Waals surface area contributed by atoms with E-state index < -0.39 is 0 Å². The van der Waals surface area contributed by atoms with Crippen molar-refractivity contribution in [2.75, 3.05) is 25.1 Å². The Morgan fingerprint density at radius 3 is 2.77 bits per heavy atom. The molecule has 0 radical (unpaired) electrons. The zero-order chi connectivity index (χ0) is 15.4. The predicted octanol–water partition coefficient (Wildman–Crippen LogP) is 3.00. The molecule has 5 nitrogen and oxygen atoms in total. The predicted molar refractivity (Wildman–Crippen MR) is 87.9 cm³/mol. The number of rotatable bonds is 4. The lowest BCUT2D eigenvalue weighted by molar-refractivity contribution is 0.0903. The first-order chi connectivity index (χ1) is 10.7. The van der Waals surface area contributed by atoms with E-state index in [-0.39, 0.29) is 0 Å². The quantitative estimate of drug-likeness (QED) is 0.926. The number of piperidine rings is 1. The first-order valence-corrected chi connectivity index (χ1v) is 8.66. The number of ether oxygens (including phenoxy) is 1. The van der Waals surface area contributed by atoms with Crippen LogP contribution in [0.15, 0.2) is 12.4 Å². The highest BCUT2D eigenvalue weighted by Gasteiger charge is 2.27. The van der Waals surface area contributed by atoms with Gasteiger partial charge in [-0.2, -0.15) is 0 Å². The van der Waals surface area contributed by atoms with Crippen molar-refractivity contribution in [3.63, 3.8) is 0 Å². The molecular weight excluding hydrogens is 276 g/mol. The average molecular weight is 304 g/mol. The largest absolute Gasteiger partial charge is 0.381 e. The Hall–Kier alpha value is -1.20. The van der Waals surface area contributed by atoms with Gasteiger partial charge in [0.25, 0.3) is 0 Å². The summed E-state index contributed by atoms with van der Waals surface area (Å²) in [6, 6.07) is 1.43. The number of likely N-dealkylation sites (tertiary alicyclic amines) is 1. The van der Waals surface area contributed by atoms with Crippen LogP contribution in [0.5, 0.6) is 0 Å². The molecule has 122 valence electrons. The average Bonchev–Trinajstić information content (AvgIpc) is 2.56. The molecule has 3 heterocycles. The van der Waals surface area contributed by atoms with Gasteiger partial charge in [-0.1, -0.05) is 6.42 Å². The first-order valence-electron chi connectivity index (χ1n) is 8.66. The van der Waals surface area contributed by atoms with Crippen LogP contribution in [0.3, 0.4) is 0 Å². The van der Waals surface area contributed by atoms with Crippen LogP contribution in [0, 0.1) is 0 Å². The third-order valence-corrected chi connectivity index (χ3v) is 4.78. The van der Waals surface area contributed by atoms with Gasteiger partial charge in [-0.25, -0.2) is 4.98 Å². The van der Waals surface area contributed by atoms with Crippen molar-refractivity contribution >= 4 is 5.82 Å². The van der Waals surface area contributed by atoms with Gasteiger partial charge in [0.05, 0.1) is 24.1 Å². The summed E-state index contributed by atoms with van der Waals surface area (Å²) >= 11 is 0. The van der Waals surface area contributed by atoms with Crippen molar-refractivity contribution in [2.45, 2.75) is 64.1 Å². The molecule has 1 aromatic rings. The van der Waals surface area contributed by atoms with Crippen LogP contribution >= 0.6 is 0 Å². The topological polar surface area (TPSA) is 50.3 Å². The SMILES string of the molecule is CC(C)N1CCCCC1c1cncc(NC2CCOCC2)n1. The summed E-state index contributed by atoms with van der Waals surface area (Å²) in [5, 5.41) is 3.53. The van der Waals surface area contributed by atoms with Crippen molar-refractivity contribution in [1.82, 2.24) is 14.9 Å². The van der Waals surface area contributed by atoms with Crippen LogP contribution in [-0.4, -0.2) is 46.7 Å². The van der Waals surface area contributed by atoms with Gasteiger partial charge in [-0.3, -0.25) is 9.88 Å². The highest BCUT2D eigenvalue weighted by molar-refractivity contribution is 5.34. The van der Waals surface area contributed by atoms with Crippen molar-refractivity contribution in [2.24, 2.45) is 0 Å². The zero-order valence-electron chi connectivity index (χ0n) is 13.8. The van der Waals surface area contributed by atoms with Crippen molar-refractivity contribution in [3.8, 4) is 0 Å². The maximum absolute atomic E-state index is 5.41. The summed E-state index contributed by atoms with van der Waals surface area (Å²) in [4.78, 5) is 11.9. The van der Waals surface area contributed by atoms with E-state index in [0.29, 0.717) is 18.1 Å². The number of nitrogens with zero attached hydrogens (tertiary/aromatic N) is 3. The maximum Gasteiger partial charge on any atom is 0.145 e. The molecule has 22 heavy (non-hydrogen) atoms. The van der Waals surface area contributed by atoms with E-state index in [0.717, 1.165) is 37.6 Å². The maximum atomic E-state index is 5.41. The van der Waals surface area contributed by atoms with Gasteiger partial charge >= 0.3 is 0 Å². The van der Waals surface area contributed by atoms with Crippen molar-refractivity contribution in [3.05, 3.63) is 18.1 Å². The summed E-state index contributed by atoms with van der Waals surface area (Å²) < 4.78 is 5.41. The Morgan fingerprint density at radius 1 is 1.18 bits per heavy atom. The highest BCUT2D eigenvalue weighted by atomic mass is 16.5. The molecule has 1 unspecified atom stereocenters. The second-order valence-corrected chi connectivity index (χ2v) is 6.70. The molecule has 2 fully saturated rings. The molecule has 0 spiro atoms. The molecule has 2 aliphatic rings. The molecule has 2 aliphatic heterocycles. The zero-order valence-corrected chi connectivity index (χ0v) is 13.8. The molecule has 5 heteroatoms. The Labute approximate surface area is 133 Å². The minimum absolute atomic E-state index is 0.415. The summed E-state index contributed by atoms with van der Waals surface area (Å²) in [5.74, 6) is 0.915. The molecule has 0 aromatic carbocycles. The minimum atomic E-state index is 0.415. The van der Waals surface area contributed by atoms with E-state index in [9.17, 15) is 0 Å². The normalized spacial score (nSPS) is 24.6. The Bertz CT molecular complexity index is 473. The number of hydrogen-bond donors (Lipinski definition) is 1. The monoisotopic (exact) mass is 304 g/mol. The lowest BCUT2D eigenvalue weighted by Gasteiger charge is -2.38. The molecule has 1 atom stereocenters. The van der Waals surface area contributed by atoms with Crippen LogP contribution in [0.2, 0.25) is 0 Å². The van der Waals surface area contributed by atoms with Crippen LogP contribution in [0.25, 0.3) is 0 Å². The second kappa shape index (κ2) is 7.38. The van der Waals surface area contributed by atoms with E-state index in [1.165, 1.54) is 25.8 Å². The third kappa shape index (κ3) is 3.76. The van der Waals surface area contributed by atoms with E-state index in [4.69, 9.17) is 9.72 Å².